The number of quaternary nitrogens is 2. The Bertz CT molecular complexity index is 474. The smallest absolute Gasteiger partial charge is 0.163 e. The Hall–Kier alpha value is -1.06. The molecule has 0 radical (unpaired) electrons. The van der Waals surface area contributed by atoms with Gasteiger partial charge in [0.25, 0.3) is 0 Å². The van der Waals surface area contributed by atoms with Crippen LogP contribution in [0.5, 0.6) is 0 Å². The zero-order valence-electron chi connectivity index (χ0n) is 14.4. The zero-order chi connectivity index (χ0) is 15.4. The van der Waals surface area contributed by atoms with Crippen molar-refractivity contribution in [1.29, 1.82) is 0 Å². The number of hydrogen-bond acceptors (Lipinski definition) is 1. The maximum Gasteiger partial charge on any atom is 0.163 e. The van der Waals surface area contributed by atoms with Crippen molar-refractivity contribution >= 4 is 5.69 Å². The number of nitrogens with one attached hydrogen (secondary N) is 1. The number of hydrogen-bond donors (Lipinski definition) is 2. The molecule has 0 aromatic heterocycles. The summed E-state index contributed by atoms with van der Waals surface area (Å²) in [7, 11) is 0. The number of nitrogens with zero attached hydrogens (tertiary/aromatic N) is 1. The fourth-order valence-corrected chi connectivity index (χ4v) is 4.34. The van der Waals surface area contributed by atoms with Crippen LogP contribution in [0.4, 0.5) is 5.69 Å². The molecule has 122 valence electrons. The van der Waals surface area contributed by atoms with Crippen LogP contribution in [0.2, 0.25) is 0 Å². The van der Waals surface area contributed by atoms with Crippen LogP contribution in [-0.4, -0.2) is 32.7 Å². The van der Waals surface area contributed by atoms with Crippen molar-refractivity contribution in [1.82, 2.24) is 0 Å². The molecule has 1 atom stereocenters. The molecular weight excluding hydrogens is 270 g/mol. The van der Waals surface area contributed by atoms with E-state index in [1.165, 1.54) is 51.0 Å². The summed E-state index contributed by atoms with van der Waals surface area (Å²) < 4.78 is 0. The lowest BCUT2D eigenvalue weighted by molar-refractivity contribution is -0.947. The van der Waals surface area contributed by atoms with Crippen molar-refractivity contribution in [3.63, 3.8) is 0 Å². The van der Waals surface area contributed by atoms with E-state index in [-0.39, 0.29) is 0 Å². The maximum absolute atomic E-state index is 2.52. The first kappa shape index (κ1) is 15.8. The molecule has 0 spiro atoms. The number of rotatable bonds is 4. The lowest BCUT2D eigenvalue weighted by Crippen LogP contribution is -3.15. The summed E-state index contributed by atoms with van der Waals surface area (Å²) in [6, 6.07) is 7.98. The van der Waals surface area contributed by atoms with E-state index in [1.54, 1.807) is 11.1 Å². The van der Waals surface area contributed by atoms with Crippen LogP contribution in [0, 0.1) is 0 Å². The molecule has 3 N–H and O–H groups in total. The van der Waals surface area contributed by atoms with Crippen LogP contribution in [0.25, 0.3) is 0 Å². The summed E-state index contributed by atoms with van der Waals surface area (Å²) in [5.74, 6) is 0. The van der Waals surface area contributed by atoms with Crippen molar-refractivity contribution < 1.29 is 10.2 Å². The minimum Gasteiger partial charge on any atom is -0.372 e. The molecule has 1 aromatic carbocycles. The van der Waals surface area contributed by atoms with Gasteiger partial charge < -0.3 is 15.1 Å². The largest absolute Gasteiger partial charge is 0.372 e. The highest BCUT2D eigenvalue weighted by atomic mass is 15.2. The van der Waals surface area contributed by atoms with E-state index in [0.717, 1.165) is 19.6 Å². The maximum atomic E-state index is 2.52. The molecule has 3 heteroatoms. The molecule has 2 heterocycles. The summed E-state index contributed by atoms with van der Waals surface area (Å²) in [5, 5.41) is 2.52. The number of likely N-dealkylation sites (tertiary alicyclic amines) is 1. The van der Waals surface area contributed by atoms with Gasteiger partial charge in [-0.3, -0.25) is 0 Å². The Labute approximate surface area is 135 Å². The quantitative estimate of drug-likeness (QED) is 0.856. The predicted molar refractivity (Wildman–Crippen MR) is 92.4 cm³/mol. The zero-order valence-corrected chi connectivity index (χ0v) is 14.4. The van der Waals surface area contributed by atoms with Gasteiger partial charge in [0.05, 0.1) is 13.1 Å². The van der Waals surface area contributed by atoms with Gasteiger partial charge in [0.15, 0.2) is 6.04 Å². The van der Waals surface area contributed by atoms with Gasteiger partial charge >= 0.3 is 0 Å². The van der Waals surface area contributed by atoms with E-state index in [0.29, 0.717) is 6.04 Å². The van der Waals surface area contributed by atoms with E-state index in [1.807, 2.05) is 4.90 Å². The average Bonchev–Trinajstić information content (AvgIpc) is 2.84. The molecule has 0 amide bonds. The Morgan fingerprint density at radius 1 is 1.09 bits per heavy atom. The highest BCUT2D eigenvalue weighted by molar-refractivity contribution is 5.51. The molecule has 0 aliphatic carbocycles. The van der Waals surface area contributed by atoms with E-state index >= 15 is 0 Å². The number of benzene rings is 1. The molecule has 2 aliphatic heterocycles. The fraction of sp³-hybridized carbons (Fsp3) is 0.684. The number of anilines is 1. The topological polar surface area (TPSA) is 24.3 Å². The minimum atomic E-state index is 0.715. The van der Waals surface area contributed by atoms with Gasteiger partial charge in [0.2, 0.25) is 0 Å². The van der Waals surface area contributed by atoms with E-state index in [2.05, 4.69) is 42.3 Å². The summed E-state index contributed by atoms with van der Waals surface area (Å²) >= 11 is 0. The summed E-state index contributed by atoms with van der Waals surface area (Å²) in [6.07, 6.45) is 5.71. The summed E-state index contributed by atoms with van der Waals surface area (Å²) in [5.41, 5.74) is 4.62. The van der Waals surface area contributed by atoms with Crippen LogP contribution in [0.3, 0.4) is 0 Å². The highest BCUT2D eigenvalue weighted by Crippen LogP contribution is 2.24. The van der Waals surface area contributed by atoms with Crippen LogP contribution < -0.4 is 15.1 Å². The van der Waals surface area contributed by atoms with Gasteiger partial charge in [0, 0.05) is 29.9 Å². The van der Waals surface area contributed by atoms with Crippen molar-refractivity contribution in [2.45, 2.75) is 52.1 Å². The SMILES string of the molecule is CCN(CC)c1ccc2c(c1)C[NH2+]C[C@H]2[NH+]1CCCCCC1. The van der Waals surface area contributed by atoms with Crippen LogP contribution >= 0.6 is 0 Å². The monoisotopic (exact) mass is 303 g/mol. The number of fused-ring (bicyclic) bond motifs is 1. The first-order valence-corrected chi connectivity index (χ1v) is 9.37. The van der Waals surface area contributed by atoms with Gasteiger partial charge in [-0.2, -0.15) is 0 Å². The molecule has 0 unspecified atom stereocenters. The highest BCUT2D eigenvalue weighted by Gasteiger charge is 2.32. The van der Waals surface area contributed by atoms with E-state index in [4.69, 9.17) is 0 Å². The first-order chi connectivity index (χ1) is 10.8. The van der Waals surface area contributed by atoms with Crippen molar-refractivity contribution in [3.8, 4) is 0 Å². The van der Waals surface area contributed by atoms with Gasteiger partial charge in [-0.1, -0.05) is 6.07 Å². The molecule has 1 fully saturated rings. The van der Waals surface area contributed by atoms with E-state index < -0.39 is 0 Å². The second kappa shape index (κ2) is 7.47. The third-order valence-corrected chi connectivity index (χ3v) is 5.64. The molecular formula is C19H33N3+2. The van der Waals surface area contributed by atoms with Crippen molar-refractivity contribution in [2.75, 3.05) is 37.6 Å². The molecule has 1 aromatic rings. The summed E-state index contributed by atoms with van der Waals surface area (Å²) in [4.78, 5) is 4.30. The van der Waals surface area contributed by atoms with Crippen LogP contribution in [0.1, 0.15) is 56.7 Å². The van der Waals surface area contributed by atoms with Gasteiger partial charge in [-0.25, -0.2) is 0 Å². The summed E-state index contributed by atoms with van der Waals surface area (Å²) in [6.45, 7) is 11.9. The van der Waals surface area contributed by atoms with Gasteiger partial charge in [0.1, 0.15) is 13.1 Å². The van der Waals surface area contributed by atoms with Gasteiger partial charge in [-0.15, -0.1) is 0 Å². The second-order valence-electron chi connectivity index (χ2n) is 6.91. The standard InChI is InChI=1S/C19H31N3/c1-3-21(4-2)17-9-10-18-16(13-17)14-20-15-19(18)22-11-7-5-6-8-12-22/h9-10,13,19-20H,3-8,11-12,14-15H2,1-2H3/p+2/t19-/m1/s1. The molecule has 22 heavy (non-hydrogen) atoms. The normalized spacial score (nSPS) is 22.9. The lowest BCUT2D eigenvalue weighted by Gasteiger charge is -2.32. The molecule has 3 nitrogen and oxygen atoms in total. The molecule has 0 bridgehead atoms. The second-order valence-corrected chi connectivity index (χ2v) is 6.91. The molecule has 2 aliphatic rings. The molecule has 3 rings (SSSR count). The fourth-order valence-electron chi connectivity index (χ4n) is 4.34. The lowest BCUT2D eigenvalue weighted by atomic mass is 9.94. The van der Waals surface area contributed by atoms with E-state index in [9.17, 15) is 0 Å². The average molecular weight is 303 g/mol. The predicted octanol–water partition coefficient (Wildman–Crippen LogP) is 1.11. The minimum absolute atomic E-state index is 0.715. The Balaban J connectivity index is 1.83. The third-order valence-electron chi connectivity index (χ3n) is 5.64. The Kier molecular flexibility index (Phi) is 5.37. The Morgan fingerprint density at radius 3 is 2.50 bits per heavy atom. The molecule has 0 saturated carbocycles. The van der Waals surface area contributed by atoms with Crippen LogP contribution in [0.15, 0.2) is 18.2 Å². The molecule has 1 saturated heterocycles. The first-order valence-electron chi connectivity index (χ1n) is 9.37. The van der Waals surface area contributed by atoms with Crippen molar-refractivity contribution in [3.05, 3.63) is 29.3 Å². The van der Waals surface area contributed by atoms with Crippen molar-refractivity contribution in [2.24, 2.45) is 0 Å². The third kappa shape index (κ3) is 3.31. The Morgan fingerprint density at radius 2 is 1.82 bits per heavy atom. The number of nitrogens with two attached hydrogens (primary N) is 1. The van der Waals surface area contributed by atoms with Crippen LogP contribution in [-0.2, 0) is 6.54 Å². The van der Waals surface area contributed by atoms with Gasteiger partial charge in [-0.05, 0) is 51.7 Å².